The Balaban J connectivity index is 1.84. The van der Waals surface area contributed by atoms with Crippen LogP contribution in [0.3, 0.4) is 0 Å². The summed E-state index contributed by atoms with van der Waals surface area (Å²) >= 11 is 0. The highest BCUT2D eigenvalue weighted by atomic mass is 32.2. The van der Waals surface area contributed by atoms with Crippen molar-refractivity contribution in [2.24, 2.45) is 0 Å². The first kappa shape index (κ1) is 23.3. The smallest absolute Gasteiger partial charge is 0.248 e. The molecule has 3 rings (SSSR count). The van der Waals surface area contributed by atoms with Gasteiger partial charge in [0.05, 0.1) is 11.9 Å². The minimum absolute atomic E-state index is 0.385. The third-order valence-electron chi connectivity index (χ3n) is 5.15. The van der Waals surface area contributed by atoms with Crippen LogP contribution in [0, 0.1) is 6.92 Å². The average molecular weight is 453 g/mol. The van der Waals surface area contributed by atoms with E-state index in [0.717, 1.165) is 33.8 Å². The summed E-state index contributed by atoms with van der Waals surface area (Å²) in [6.45, 7) is 5.50. The number of anilines is 2. The Bertz CT molecular complexity index is 1180. The minimum atomic E-state index is -3.72. The quantitative estimate of drug-likeness (QED) is 0.513. The molecule has 0 bridgehead atoms. The van der Waals surface area contributed by atoms with Crippen molar-refractivity contribution in [3.8, 4) is 11.5 Å². The summed E-state index contributed by atoms with van der Waals surface area (Å²) in [4.78, 5) is 13.1. The zero-order valence-corrected chi connectivity index (χ0v) is 19.5. The number of amides is 1. The summed E-state index contributed by atoms with van der Waals surface area (Å²) in [5, 5.41) is 2.93. The summed E-state index contributed by atoms with van der Waals surface area (Å²) in [7, 11) is -3.72. The second-order valence-corrected chi connectivity index (χ2v) is 9.46. The molecule has 7 heteroatoms. The number of para-hydroxylation sites is 2. The molecule has 6 nitrogen and oxygen atoms in total. The van der Waals surface area contributed by atoms with Crippen LogP contribution in [-0.4, -0.2) is 26.6 Å². The van der Waals surface area contributed by atoms with Gasteiger partial charge in [0.25, 0.3) is 0 Å². The van der Waals surface area contributed by atoms with Gasteiger partial charge in [-0.1, -0.05) is 43.3 Å². The monoisotopic (exact) mass is 452 g/mol. The Kier molecular flexibility index (Phi) is 7.20. The topological polar surface area (TPSA) is 75.7 Å². The molecule has 3 aromatic carbocycles. The van der Waals surface area contributed by atoms with Gasteiger partial charge in [-0.2, -0.15) is 0 Å². The first-order valence-corrected chi connectivity index (χ1v) is 12.3. The maximum atomic E-state index is 13.1. The lowest BCUT2D eigenvalue weighted by molar-refractivity contribution is -0.116. The van der Waals surface area contributed by atoms with Gasteiger partial charge in [0.15, 0.2) is 0 Å². The van der Waals surface area contributed by atoms with Gasteiger partial charge in [-0.25, -0.2) is 8.42 Å². The van der Waals surface area contributed by atoms with Gasteiger partial charge >= 0.3 is 0 Å². The molecule has 0 unspecified atom stereocenters. The van der Waals surface area contributed by atoms with E-state index in [0.29, 0.717) is 17.2 Å². The normalized spacial score (nSPS) is 12.1. The van der Waals surface area contributed by atoms with Gasteiger partial charge in [-0.3, -0.25) is 9.10 Å². The fourth-order valence-corrected chi connectivity index (χ4v) is 4.70. The van der Waals surface area contributed by atoms with Gasteiger partial charge in [-0.15, -0.1) is 0 Å². The molecular formula is C25H28N2O4S. The predicted octanol–water partition coefficient (Wildman–Crippen LogP) is 5.14. The van der Waals surface area contributed by atoms with Crippen LogP contribution in [0.25, 0.3) is 0 Å². The van der Waals surface area contributed by atoms with Crippen LogP contribution in [0.5, 0.6) is 11.5 Å². The Morgan fingerprint density at radius 3 is 2.19 bits per heavy atom. The summed E-state index contributed by atoms with van der Waals surface area (Å²) in [5.41, 5.74) is 3.04. The average Bonchev–Trinajstić information content (AvgIpc) is 2.76. The number of carbonyl (C=O) groups is 1. The van der Waals surface area contributed by atoms with Crippen LogP contribution in [0.15, 0.2) is 72.8 Å². The van der Waals surface area contributed by atoms with Crippen LogP contribution in [-0.2, 0) is 21.2 Å². The van der Waals surface area contributed by atoms with Gasteiger partial charge in [-0.05, 0) is 67.8 Å². The van der Waals surface area contributed by atoms with E-state index in [1.165, 1.54) is 0 Å². The van der Waals surface area contributed by atoms with Crippen molar-refractivity contribution < 1.29 is 17.9 Å². The predicted molar refractivity (Wildman–Crippen MR) is 129 cm³/mol. The number of ether oxygens (including phenoxy) is 1. The fraction of sp³-hybridized carbons (Fsp3) is 0.240. The Morgan fingerprint density at radius 1 is 0.969 bits per heavy atom. The van der Waals surface area contributed by atoms with Gasteiger partial charge in [0.1, 0.15) is 17.5 Å². The summed E-state index contributed by atoms with van der Waals surface area (Å²) in [6.07, 6.45) is 1.85. The van der Waals surface area contributed by atoms with E-state index in [2.05, 4.69) is 5.32 Å². The number of benzene rings is 3. The van der Waals surface area contributed by atoms with Crippen molar-refractivity contribution in [1.82, 2.24) is 0 Å². The molecule has 0 saturated heterocycles. The van der Waals surface area contributed by atoms with E-state index in [-0.39, 0.29) is 0 Å². The third kappa shape index (κ3) is 5.48. The number of nitrogens with zero attached hydrogens (tertiary/aromatic N) is 1. The van der Waals surface area contributed by atoms with E-state index in [9.17, 15) is 13.2 Å². The molecular weight excluding hydrogens is 424 g/mol. The Morgan fingerprint density at radius 2 is 1.59 bits per heavy atom. The highest BCUT2D eigenvalue weighted by Gasteiger charge is 2.29. The van der Waals surface area contributed by atoms with Crippen molar-refractivity contribution in [3.63, 3.8) is 0 Å². The molecule has 1 amide bonds. The van der Waals surface area contributed by atoms with Crippen molar-refractivity contribution in [2.45, 2.75) is 33.2 Å². The molecule has 168 valence electrons. The second-order valence-electron chi connectivity index (χ2n) is 7.60. The van der Waals surface area contributed by atoms with E-state index >= 15 is 0 Å². The van der Waals surface area contributed by atoms with Gasteiger partial charge < -0.3 is 10.1 Å². The second kappa shape index (κ2) is 9.87. The number of rotatable bonds is 8. The lowest BCUT2D eigenvalue weighted by atomic mass is 10.1. The molecule has 0 aromatic heterocycles. The zero-order valence-electron chi connectivity index (χ0n) is 18.7. The number of aryl methyl sites for hydroxylation is 2. The lowest BCUT2D eigenvalue weighted by Crippen LogP contribution is -2.45. The summed E-state index contributed by atoms with van der Waals surface area (Å²) < 4.78 is 32.1. The molecule has 1 N–H and O–H groups in total. The fourth-order valence-electron chi connectivity index (χ4n) is 3.52. The molecule has 0 aliphatic heterocycles. The van der Waals surface area contributed by atoms with Crippen molar-refractivity contribution in [1.29, 1.82) is 0 Å². The number of hydrogen-bond donors (Lipinski definition) is 1. The molecule has 0 radical (unpaired) electrons. The third-order valence-corrected chi connectivity index (χ3v) is 6.39. The van der Waals surface area contributed by atoms with E-state index in [1.54, 1.807) is 31.2 Å². The molecule has 3 aromatic rings. The highest BCUT2D eigenvalue weighted by Crippen LogP contribution is 2.28. The highest BCUT2D eigenvalue weighted by molar-refractivity contribution is 7.92. The molecule has 0 aliphatic rings. The summed E-state index contributed by atoms with van der Waals surface area (Å²) in [6, 6.07) is 20.8. The van der Waals surface area contributed by atoms with E-state index in [4.69, 9.17) is 4.74 Å². The van der Waals surface area contributed by atoms with Crippen molar-refractivity contribution in [2.75, 3.05) is 15.9 Å². The molecule has 0 heterocycles. The largest absolute Gasteiger partial charge is 0.457 e. The Labute approximate surface area is 189 Å². The van der Waals surface area contributed by atoms with Crippen LogP contribution in [0.4, 0.5) is 11.4 Å². The molecule has 32 heavy (non-hydrogen) atoms. The standard InChI is InChI=1S/C25H28N2O4S/c1-5-20-11-9-10-18(2)24(20)26-25(28)19(3)27(32(4,29)30)21-14-16-23(17-15-21)31-22-12-7-6-8-13-22/h6-17,19H,5H2,1-4H3,(H,26,28)/t19-/m1/s1. The maximum absolute atomic E-state index is 13.1. The molecule has 1 atom stereocenters. The SMILES string of the molecule is CCc1cccc(C)c1NC(=O)[C@@H](C)N(c1ccc(Oc2ccccc2)cc1)S(C)(=O)=O. The Hall–Kier alpha value is -3.32. The molecule has 0 saturated carbocycles. The first-order valence-electron chi connectivity index (χ1n) is 10.4. The van der Waals surface area contributed by atoms with E-state index < -0.39 is 22.0 Å². The summed E-state index contributed by atoms with van der Waals surface area (Å²) in [5.74, 6) is 0.847. The van der Waals surface area contributed by atoms with Gasteiger partial charge in [0, 0.05) is 5.69 Å². The number of carbonyl (C=O) groups excluding carboxylic acids is 1. The van der Waals surface area contributed by atoms with Crippen LogP contribution >= 0.6 is 0 Å². The maximum Gasteiger partial charge on any atom is 0.248 e. The van der Waals surface area contributed by atoms with Crippen LogP contribution < -0.4 is 14.4 Å². The zero-order chi connectivity index (χ0) is 23.3. The van der Waals surface area contributed by atoms with Crippen LogP contribution in [0.1, 0.15) is 25.0 Å². The van der Waals surface area contributed by atoms with Crippen molar-refractivity contribution >= 4 is 27.3 Å². The number of hydrogen-bond acceptors (Lipinski definition) is 4. The first-order chi connectivity index (χ1) is 15.2. The van der Waals surface area contributed by atoms with E-state index in [1.807, 2.05) is 62.4 Å². The lowest BCUT2D eigenvalue weighted by Gasteiger charge is -2.29. The van der Waals surface area contributed by atoms with Crippen LogP contribution in [0.2, 0.25) is 0 Å². The number of nitrogens with one attached hydrogen (secondary N) is 1. The minimum Gasteiger partial charge on any atom is -0.457 e. The molecule has 0 fully saturated rings. The number of sulfonamides is 1. The molecule has 0 aliphatic carbocycles. The van der Waals surface area contributed by atoms with Gasteiger partial charge in [0.2, 0.25) is 15.9 Å². The van der Waals surface area contributed by atoms with Crippen molar-refractivity contribution in [3.05, 3.63) is 83.9 Å². The molecule has 0 spiro atoms.